The van der Waals surface area contributed by atoms with Crippen LogP contribution in [0.15, 0.2) is 36.4 Å². The van der Waals surface area contributed by atoms with Crippen LogP contribution in [0.4, 0.5) is 0 Å². The van der Waals surface area contributed by atoms with Crippen molar-refractivity contribution < 1.29 is 9.47 Å². The van der Waals surface area contributed by atoms with Gasteiger partial charge in [-0.1, -0.05) is 34.8 Å². The Balaban J connectivity index is 1.90. The van der Waals surface area contributed by atoms with E-state index in [-0.39, 0.29) is 0 Å². The molecule has 0 saturated heterocycles. The van der Waals surface area contributed by atoms with Gasteiger partial charge < -0.3 is 15.2 Å². The summed E-state index contributed by atoms with van der Waals surface area (Å²) in [6, 6.07) is 10.6. The van der Waals surface area contributed by atoms with Crippen molar-refractivity contribution in [1.82, 2.24) is 0 Å². The van der Waals surface area contributed by atoms with Crippen molar-refractivity contribution in [2.75, 3.05) is 19.8 Å². The monoisotopic (exact) mass is 359 g/mol. The van der Waals surface area contributed by atoms with Gasteiger partial charge in [-0.15, -0.1) is 0 Å². The van der Waals surface area contributed by atoms with Crippen LogP contribution in [0.3, 0.4) is 0 Å². The zero-order valence-electron chi connectivity index (χ0n) is 11.8. The normalized spacial score (nSPS) is 10.5. The van der Waals surface area contributed by atoms with Crippen LogP contribution in [-0.4, -0.2) is 19.8 Å². The molecular formula is C16H16Cl3NO2. The molecule has 0 saturated carbocycles. The molecule has 6 heteroatoms. The van der Waals surface area contributed by atoms with Crippen LogP contribution >= 0.6 is 34.8 Å². The van der Waals surface area contributed by atoms with Crippen molar-refractivity contribution >= 4 is 34.8 Å². The fraction of sp³-hybridized carbons (Fsp3) is 0.250. The lowest BCUT2D eigenvalue weighted by Crippen LogP contribution is -2.11. The molecule has 0 atom stereocenters. The summed E-state index contributed by atoms with van der Waals surface area (Å²) in [5.74, 6) is 1.30. The van der Waals surface area contributed by atoms with Gasteiger partial charge in [0.15, 0.2) is 0 Å². The molecule has 2 aromatic carbocycles. The van der Waals surface area contributed by atoms with Gasteiger partial charge in [-0.3, -0.25) is 0 Å². The summed E-state index contributed by atoms with van der Waals surface area (Å²) in [6.45, 7) is 1.26. The highest BCUT2D eigenvalue weighted by Gasteiger charge is 2.06. The van der Waals surface area contributed by atoms with Crippen LogP contribution in [0, 0.1) is 0 Å². The number of hydrogen-bond acceptors (Lipinski definition) is 3. The average molecular weight is 361 g/mol. The van der Waals surface area contributed by atoms with Crippen molar-refractivity contribution in [1.29, 1.82) is 0 Å². The summed E-state index contributed by atoms with van der Waals surface area (Å²) in [5, 5.41) is 1.75. The van der Waals surface area contributed by atoms with E-state index < -0.39 is 0 Å². The maximum atomic E-state index is 6.02. The molecule has 0 aliphatic carbocycles. The predicted molar refractivity (Wildman–Crippen MR) is 91.7 cm³/mol. The molecule has 0 fully saturated rings. The van der Waals surface area contributed by atoms with Gasteiger partial charge in [0.2, 0.25) is 0 Å². The first-order valence-electron chi connectivity index (χ1n) is 6.79. The zero-order valence-corrected chi connectivity index (χ0v) is 14.1. The first-order valence-corrected chi connectivity index (χ1v) is 7.92. The smallest absolute Gasteiger partial charge is 0.139 e. The van der Waals surface area contributed by atoms with Crippen molar-refractivity contribution in [2.24, 2.45) is 5.73 Å². The van der Waals surface area contributed by atoms with Gasteiger partial charge in [0.1, 0.15) is 24.7 Å². The van der Waals surface area contributed by atoms with E-state index in [1.807, 2.05) is 12.1 Å². The Labute approximate surface area is 144 Å². The number of ether oxygens (including phenoxy) is 2. The standard InChI is InChI=1S/C16H16Cl3NO2/c17-12-2-4-15(11(9-12)5-6-20)21-7-8-22-16-10-13(18)1-3-14(16)19/h1-4,9-10H,5-8,20H2. The third-order valence-corrected chi connectivity index (χ3v) is 3.71. The molecular weight excluding hydrogens is 345 g/mol. The second-order valence-corrected chi connectivity index (χ2v) is 5.84. The molecule has 2 aromatic rings. The van der Waals surface area contributed by atoms with Crippen molar-refractivity contribution in [3.8, 4) is 11.5 Å². The fourth-order valence-electron chi connectivity index (χ4n) is 1.93. The molecule has 0 aliphatic rings. The topological polar surface area (TPSA) is 44.5 Å². The Morgan fingerprint density at radius 2 is 1.45 bits per heavy atom. The number of benzene rings is 2. The van der Waals surface area contributed by atoms with Gasteiger partial charge in [0, 0.05) is 16.1 Å². The molecule has 0 radical (unpaired) electrons. The summed E-state index contributed by atoms with van der Waals surface area (Å²) in [4.78, 5) is 0. The molecule has 0 aliphatic heterocycles. The first kappa shape index (κ1) is 17.2. The Hall–Kier alpha value is -1.13. The van der Waals surface area contributed by atoms with Crippen LogP contribution in [0.1, 0.15) is 5.56 Å². The van der Waals surface area contributed by atoms with Crippen LogP contribution < -0.4 is 15.2 Å². The molecule has 118 valence electrons. The second kappa shape index (κ2) is 8.49. The maximum Gasteiger partial charge on any atom is 0.139 e. The second-order valence-electron chi connectivity index (χ2n) is 4.56. The van der Waals surface area contributed by atoms with Crippen molar-refractivity contribution in [2.45, 2.75) is 6.42 Å². The molecule has 0 bridgehead atoms. The van der Waals surface area contributed by atoms with Gasteiger partial charge in [-0.05, 0) is 48.9 Å². The summed E-state index contributed by atoms with van der Waals surface area (Å²) < 4.78 is 11.3. The van der Waals surface area contributed by atoms with Gasteiger partial charge in [-0.25, -0.2) is 0 Å². The Morgan fingerprint density at radius 3 is 2.18 bits per heavy atom. The van der Waals surface area contributed by atoms with Crippen LogP contribution in [0.5, 0.6) is 11.5 Å². The molecule has 0 spiro atoms. The minimum absolute atomic E-state index is 0.352. The van der Waals surface area contributed by atoms with Gasteiger partial charge in [0.05, 0.1) is 5.02 Å². The fourth-order valence-corrected chi connectivity index (χ4v) is 2.46. The highest BCUT2D eigenvalue weighted by molar-refractivity contribution is 6.34. The Morgan fingerprint density at radius 1 is 0.818 bits per heavy atom. The number of rotatable bonds is 7. The van der Waals surface area contributed by atoms with Crippen LogP contribution in [0.2, 0.25) is 15.1 Å². The van der Waals surface area contributed by atoms with E-state index in [9.17, 15) is 0 Å². The molecule has 3 nitrogen and oxygen atoms in total. The minimum Gasteiger partial charge on any atom is -0.490 e. The Kier molecular flexibility index (Phi) is 6.65. The maximum absolute atomic E-state index is 6.02. The first-order chi connectivity index (χ1) is 10.6. The van der Waals surface area contributed by atoms with E-state index in [1.54, 1.807) is 24.3 Å². The quantitative estimate of drug-likeness (QED) is 0.734. The van der Waals surface area contributed by atoms with Gasteiger partial charge in [0.25, 0.3) is 0 Å². The molecule has 0 heterocycles. The highest BCUT2D eigenvalue weighted by atomic mass is 35.5. The third kappa shape index (κ3) is 4.96. The summed E-state index contributed by atoms with van der Waals surface area (Å²) in [7, 11) is 0. The number of nitrogens with two attached hydrogens (primary N) is 1. The minimum atomic E-state index is 0.352. The molecule has 0 unspecified atom stereocenters. The van der Waals surface area contributed by atoms with Crippen molar-refractivity contribution in [3.05, 3.63) is 57.0 Å². The lowest BCUT2D eigenvalue weighted by Gasteiger charge is -2.13. The zero-order chi connectivity index (χ0) is 15.9. The van der Waals surface area contributed by atoms with E-state index in [0.29, 0.717) is 47.0 Å². The number of hydrogen-bond donors (Lipinski definition) is 1. The largest absolute Gasteiger partial charge is 0.490 e. The summed E-state index contributed by atoms with van der Waals surface area (Å²) >= 11 is 17.9. The lowest BCUT2D eigenvalue weighted by molar-refractivity contribution is 0.216. The predicted octanol–water partition coefficient (Wildman–Crippen LogP) is 4.61. The summed E-state index contributed by atoms with van der Waals surface area (Å²) in [6.07, 6.45) is 0.705. The molecule has 0 aromatic heterocycles. The summed E-state index contributed by atoms with van der Waals surface area (Å²) in [5.41, 5.74) is 6.57. The number of halogens is 3. The van der Waals surface area contributed by atoms with Crippen LogP contribution in [-0.2, 0) is 6.42 Å². The van der Waals surface area contributed by atoms with Crippen molar-refractivity contribution in [3.63, 3.8) is 0 Å². The van der Waals surface area contributed by atoms with E-state index in [1.165, 1.54) is 0 Å². The average Bonchev–Trinajstić information content (AvgIpc) is 2.49. The molecule has 22 heavy (non-hydrogen) atoms. The van der Waals surface area contributed by atoms with Crippen LogP contribution in [0.25, 0.3) is 0 Å². The van der Waals surface area contributed by atoms with Gasteiger partial charge in [-0.2, -0.15) is 0 Å². The van der Waals surface area contributed by atoms with E-state index in [4.69, 9.17) is 50.0 Å². The molecule has 2 rings (SSSR count). The molecule has 2 N–H and O–H groups in total. The van der Waals surface area contributed by atoms with Gasteiger partial charge >= 0.3 is 0 Å². The third-order valence-electron chi connectivity index (χ3n) is 2.93. The Bertz CT molecular complexity index is 635. The lowest BCUT2D eigenvalue weighted by atomic mass is 10.1. The van der Waals surface area contributed by atoms with E-state index in [2.05, 4.69) is 0 Å². The highest BCUT2D eigenvalue weighted by Crippen LogP contribution is 2.28. The van der Waals surface area contributed by atoms with E-state index >= 15 is 0 Å². The SMILES string of the molecule is NCCc1cc(Cl)ccc1OCCOc1cc(Cl)ccc1Cl. The van der Waals surface area contributed by atoms with E-state index in [0.717, 1.165) is 11.3 Å². The molecule has 0 amide bonds.